The lowest BCUT2D eigenvalue weighted by Gasteiger charge is -2.20. The Morgan fingerprint density at radius 2 is 2.00 bits per heavy atom. The van der Waals surface area contributed by atoms with Gasteiger partial charge in [-0.1, -0.05) is 25.0 Å². The molecule has 1 N–H and O–H groups in total. The molecule has 104 valence electrons. The van der Waals surface area contributed by atoms with Crippen LogP contribution in [0.4, 0.5) is 0 Å². The van der Waals surface area contributed by atoms with Crippen LogP contribution in [0.1, 0.15) is 47.6 Å². The van der Waals surface area contributed by atoms with Gasteiger partial charge >= 0.3 is 5.97 Å². The Balaban J connectivity index is 2.39. The van der Waals surface area contributed by atoms with E-state index in [0.717, 1.165) is 36.8 Å². The van der Waals surface area contributed by atoms with Crippen molar-refractivity contribution in [2.75, 3.05) is 0 Å². The fraction of sp³-hybridized carbons (Fsp3) is 0.375. The fourth-order valence-electron chi connectivity index (χ4n) is 3.22. The molecule has 1 heterocycles. The number of hydrogen-bond acceptors (Lipinski definition) is 2. The molecule has 0 saturated heterocycles. The van der Waals surface area contributed by atoms with Gasteiger partial charge in [0.2, 0.25) is 5.43 Å². The van der Waals surface area contributed by atoms with Gasteiger partial charge in [-0.15, -0.1) is 0 Å². The number of hydrogen-bond donors (Lipinski definition) is 1. The average Bonchev–Trinajstić information content (AvgIpc) is 2.93. The third-order valence-corrected chi connectivity index (χ3v) is 4.20. The number of aryl methyl sites for hydroxylation is 1. The summed E-state index contributed by atoms with van der Waals surface area (Å²) in [5.41, 5.74) is 1.39. The van der Waals surface area contributed by atoms with E-state index < -0.39 is 5.97 Å². The Kier molecular flexibility index (Phi) is 3.08. The first-order chi connectivity index (χ1) is 9.59. The lowest BCUT2D eigenvalue weighted by Crippen LogP contribution is -2.21. The van der Waals surface area contributed by atoms with Gasteiger partial charge < -0.3 is 9.67 Å². The molecule has 4 nitrogen and oxygen atoms in total. The Morgan fingerprint density at radius 3 is 2.65 bits per heavy atom. The number of fused-ring (bicyclic) bond motifs is 1. The van der Waals surface area contributed by atoms with Crippen molar-refractivity contribution >= 4 is 16.9 Å². The van der Waals surface area contributed by atoms with Gasteiger partial charge in [0, 0.05) is 17.6 Å². The molecule has 0 unspecified atom stereocenters. The number of benzene rings is 1. The summed E-state index contributed by atoms with van der Waals surface area (Å²) < 4.78 is 2.02. The van der Waals surface area contributed by atoms with E-state index in [2.05, 4.69) is 0 Å². The Morgan fingerprint density at radius 1 is 1.30 bits per heavy atom. The minimum atomic E-state index is -1.15. The van der Waals surface area contributed by atoms with E-state index in [1.165, 1.54) is 6.20 Å². The molecule has 0 radical (unpaired) electrons. The predicted molar refractivity (Wildman–Crippen MR) is 77.4 cm³/mol. The maximum Gasteiger partial charge on any atom is 0.341 e. The summed E-state index contributed by atoms with van der Waals surface area (Å²) in [6, 6.07) is 5.80. The molecule has 1 aromatic heterocycles. The van der Waals surface area contributed by atoms with Gasteiger partial charge in [0.15, 0.2) is 0 Å². The van der Waals surface area contributed by atoms with E-state index in [4.69, 9.17) is 0 Å². The predicted octanol–water partition coefficient (Wildman–Crippen LogP) is 3.12. The molecule has 1 aromatic carbocycles. The Labute approximate surface area is 116 Å². The number of rotatable bonds is 2. The van der Waals surface area contributed by atoms with Gasteiger partial charge in [-0.3, -0.25) is 4.79 Å². The number of carboxylic acids is 1. The number of carboxylic acid groups (broad SMARTS) is 1. The van der Waals surface area contributed by atoms with Crippen LogP contribution in [0.2, 0.25) is 0 Å². The highest BCUT2D eigenvalue weighted by Crippen LogP contribution is 2.32. The van der Waals surface area contributed by atoms with Gasteiger partial charge in [-0.05, 0) is 31.4 Å². The molecule has 0 aliphatic heterocycles. The van der Waals surface area contributed by atoms with E-state index in [0.29, 0.717) is 11.4 Å². The molecule has 20 heavy (non-hydrogen) atoms. The van der Waals surface area contributed by atoms with Crippen molar-refractivity contribution < 1.29 is 9.90 Å². The monoisotopic (exact) mass is 271 g/mol. The van der Waals surface area contributed by atoms with Crippen LogP contribution in [-0.4, -0.2) is 15.6 Å². The van der Waals surface area contributed by atoms with Crippen LogP contribution in [0.15, 0.2) is 29.2 Å². The molecule has 1 saturated carbocycles. The summed E-state index contributed by atoms with van der Waals surface area (Å²) in [6.45, 7) is 1.97. The molecule has 1 aliphatic carbocycles. The van der Waals surface area contributed by atoms with Crippen LogP contribution in [0.5, 0.6) is 0 Å². The normalized spacial score (nSPS) is 15.8. The van der Waals surface area contributed by atoms with Crippen LogP contribution in [0.3, 0.4) is 0 Å². The van der Waals surface area contributed by atoms with E-state index in [-0.39, 0.29) is 11.0 Å². The summed E-state index contributed by atoms with van der Waals surface area (Å²) in [7, 11) is 0. The standard InChI is InChI=1S/C16H17NO3/c1-10-5-4-8-12-14(10)17(11-6-2-3-7-11)9-13(15(12)18)16(19)20/h4-5,8-9,11H,2-3,6-7H2,1H3,(H,19,20). The second-order valence-electron chi connectivity index (χ2n) is 5.49. The summed E-state index contributed by atoms with van der Waals surface area (Å²) in [6.07, 6.45) is 5.95. The Bertz CT molecular complexity index is 739. The molecule has 3 rings (SSSR count). The third-order valence-electron chi connectivity index (χ3n) is 4.20. The minimum Gasteiger partial charge on any atom is -0.477 e. The molecular formula is C16H17NO3. The van der Waals surface area contributed by atoms with Crippen LogP contribution in [0, 0.1) is 6.92 Å². The largest absolute Gasteiger partial charge is 0.477 e. The smallest absolute Gasteiger partial charge is 0.341 e. The second-order valence-corrected chi connectivity index (χ2v) is 5.49. The highest BCUT2D eigenvalue weighted by Gasteiger charge is 2.22. The van der Waals surface area contributed by atoms with Crippen molar-refractivity contribution in [1.82, 2.24) is 4.57 Å². The maximum atomic E-state index is 12.3. The van der Waals surface area contributed by atoms with Gasteiger partial charge in [-0.25, -0.2) is 4.79 Å². The van der Waals surface area contributed by atoms with Crippen molar-refractivity contribution in [1.29, 1.82) is 0 Å². The molecule has 0 bridgehead atoms. The van der Waals surface area contributed by atoms with E-state index in [9.17, 15) is 14.7 Å². The SMILES string of the molecule is Cc1cccc2c(=O)c(C(=O)O)cn(C3CCCC3)c12. The summed E-state index contributed by atoms with van der Waals surface area (Å²) in [5.74, 6) is -1.15. The van der Waals surface area contributed by atoms with E-state index in [1.54, 1.807) is 6.07 Å². The number of para-hydroxylation sites is 1. The quantitative estimate of drug-likeness (QED) is 0.913. The van der Waals surface area contributed by atoms with Crippen molar-refractivity contribution in [2.45, 2.75) is 38.6 Å². The Hall–Kier alpha value is -2.10. The number of carbonyl (C=O) groups is 1. The van der Waals surface area contributed by atoms with Crippen molar-refractivity contribution in [3.8, 4) is 0 Å². The highest BCUT2D eigenvalue weighted by atomic mass is 16.4. The number of nitrogens with zero attached hydrogens (tertiary/aromatic N) is 1. The zero-order chi connectivity index (χ0) is 14.3. The van der Waals surface area contributed by atoms with Crippen molar-refractivity contribution in [3.05, 3.63) is 45.7 Å². The maximum absolute atomic E-state index is 12.3. The lowest BCUT2D eigenvalue weighted by molar-refractivity contribution is 0.0694. The molecule has 0 amide bonds. The van der Waals surface area contributed by atoms with Crippen molar-refractivity contribution in [3.63, 3.8) is 0 Å². The fourth-order valence-corrected chi connectivity index (χ4v) is 3.22. The van der Waals surface area contributed by atoms with Gasteiger partial charge in [0.1, 0.15) is 5.56 Å². The van der Waals surface area contributed by atoms with Crippen LogP contribution in [0.25, 0.3) is 10.9 Å². The van der Waals surface area contributed by atoms with E-state index >= 15 is 0 Å². The van der Waals surface area contributed by atoms with Gasteiger partial charge in [-0.2, -0.15) is 0 Å². The third kappa shape index (κ3) is 1.92. The number of pyridine rings is 1. The first-order valence-corrected chi connectivity index (χ1v) is 6.97. The first-order valence-electron chi connectivity index (χ1n) is 6.97. The molecular weight excluding hydrogens is 254 g/mol. The van der Waals surface area contributed by atoms with Crippen LogP contribution in [-0.2, 0) is 0 Å². The van der Waals surface area contributed by atoms with E-state index in [1.807, 2.05) is 23.6 Å². The molecule has 4 heteroatoms. The molecule has 0 atom stereocenters. The number of aromatic carboxylic acids is 1. The summed E-state index contributed by atoms with van der Waals surface area (Å²) in [4.78, 5) is 23.6. The van der Waals surface area contributed by atoms with Gasteiger partial charge in [0.25, 0.3) is 0 Å². The highest BCUT2D eigenvalue weighted by molar-refractivity contribution is 5.93. The zero-order valence-corrected chi connectivity index (χ0v) is 11.4. The minimum absolute atomic E-state index is 0.130. The molecule has 1 aliphatic rings. The van der Waals surface area contributed by atoms with Gasteiger partial charge in [0.05, 0.1) is 5.52 Å². The average molecular weight is 271 g/mol. The lowest BCUT2D eigenvalue weighted by atomic mass is 10.1. The first kappa shape index (κ1) is 12.9. The van der Waals surface area contributed by atoms with Crippen LogP contribution < -0.4 is 5.43 Å². The second kappa shape index (κ2) is 4.78. The molecule has 0 spiro atoms. The van der Waals surface area contributed by atoms with Crippen molar-refractivity contribution in [2.24, 2.45) is 0 Å². The topological polar surface area (TPSA) is 59.3 Å². The summed E-state index contributed by atoms with van der Waals surface area (Å²) >= 11 is 0. The zero-order valence-electron chi connectivity index (χ0n) is 11.4. The van der Waals surface area contributed by atoms with Crippen LogP contribution >= 0.6 is 0 Å². The molecule has 2 aromatic rings. The molecule has 1 fully saturated rings. The number of aromatic nitrogens is 1. The summed E-state index contributed by atoms with van der Waals surface area (Å²) in [5, 5.41) is 9.76.